The minimum atomic E-state index is -0.514. The average Bonchev–Trinajstić information content (AvgIpc) is 2.84. The molecule has 8 heteroatoms. The van der Waals surface area contributed by atoms with Crippen molar-refractivity contribution in [2.24, 2.45) is 10.9 Å². The molecule has 0 saturated heterocycles. The maximum atomic E-state index is 12.1. The summed E-state index contributed by atoms with van der Waals surface area (Å²) in [6, 6.07) is -0.0731. The number of aryl methyl sites for hydroxylation is 2. The van der Waals surface area contributed by atoms with E-state index in [0.29, 0.717) is 13.1 Å². The largest absolute Gasteiger partial charge is 0.444 e. The fourth-order valence-corrected chi connectivity index (χ4v) is 3.19. The number of hydrogen-bond donors (Lipinski definition) is 3. The number of alkyl carbamates (subject to hydrolysis) is 1. The predicted molar refractivity (Wildman–Crippen MR) is 112 cm³/mol. The first-order chi connectivity index (χ1) is 12.5. The van der Waals surface area contributed by atoms with Crippen LogP contribution in [0.15, 0.2) is 4.99 Å². The van der Waals surface area contributed by atoms with Crippen LogP contribution >= 0.6 is 11.3 Å². The highest BCUT2D eigenvalue weighted by Crippen LogP contribution is 2.17. The first-order valence-corrected chi connectivity index (χ1v) is 10.3. The molecule has 0 spiro atoms. The zero-order chi connectivity index (χ0) is 20.6. The summed E-state index contributed by atoms with van der Waals surface area (Å²) >= 11 is 1.67. The molecular formula is C19H35N5O2S. The molecule has 0 aliphatic carbocycles. The van der Waals surface area contributed by atoms with Crippen molar-refractivity contribution in [1.29, 1.82) is 0 Å². The third-order valence-electron chi connectivity index (χ3n) is 3.72. The van der Waals surface area contributed by atoms with E-state index in [4.69, 9.17) is 4.74 Å². The number of nitrogens with zero attached hydrogens (tertiary/aromatic N) is 2. The number of nitrogens with one attached hydrogen (secondary N) is 3. The molecule has 1 aromatic rings. The van der Waals surface area contributed by atoms with E-state index < -0.39 is 11.7 Å². The Balaban J connectivity index is 2.69. The summed E-state index contributed by atoms with van der Waals surface area (Å²) in [5, 5.41) is 10.6. The van der Waals surface area contributed by atoms with E-state index in [-0.39, 0.29) is 12.0 Å². The Morgan fingerprint density at radius 3 is 2.41 bits per heavy atom. The number of aliphatic imine (C=N–C) groups is 1. The second kappa shape index (κ2) is 10.5. The first-order valence-electron chi connectivity index (χ1n) is 9.46. The minimum absolute atomic E-state index is 0.0731. The number of rotatable bonds is 7. The maximum absolute atomic E-state index is 12.1. The van der Waals surface area contributed by atoms with Crippen molar-refractivity contribution >= 4 is 23.4 Å². The lowest BCUT2D eigenvalue weighted by molar-refractivity contribution is 0.0491. The zero-order valence-electron chi connectivity index (χ0n) is 17.9. The molecule has 0 bridgehead atoms. The molecule has 1 rings (SSSR count). The van der Waals surface area contributed by atoms with Gasteiger partial charge in [0, 0.05) is 18.0 Å². The van der Waals surface area contributed by atoms with Crippen LogP contribution in [0, 0.1) is 19.8 Å². The van der Waals surface area contributed by atoms with Gasteiger partial charge in [0.15, 0.2) is 5.96 Å². The summed E-state index contributed by atoms with van der Waals surface area (Å²) in [6.45, 7) is 17.6. The smallest absolute Gasteiger partial charge is 0.407 e. The number of hydrogen-bond acceptors (Lipinski definition) is 5. The molecule has 154 valence electrons. The molecule has 1 heterocycles. The monoisotopic (exact) mass is 397 g/mol. The molecule has 27 heavy (non-hydrogen) atoms. The van der Waals surface area contributed by atoms with Crippen LogP contribution in [-0.4, -0.2) is 41.8 Å². The van der Waals surface area contributed by atoms with Crippen LogP contribution in [0.25, 0.3) is 0 Å². The van der Waals surface area contributed by atoms with E-state index in [2.05, 4.69) is 39.8 Å². The third kappa shape index (κ3) is 9.08. The van der Waals surface area contributed by atoms with E-state index in [9.17, 15) is 4.79 Å². The lowest BCUT2D eigenvalue weighted by Gasteiger charge is -2.26. The maximum Gasteiger partial charge on any atom is 0.407 e. The fraction of sp³-hybridized carbons (Fsp3) is 0.737. The number of carbonyl (C=O) groups is 1. The molecule has 1 aromatic heterocycles. The molecule has 0 saturated carbocycles. The third-order valence-corrected chi connectivity index (χ3v) is 4.78. The lowest BCUT2D eigenvalue weighted by atomic mass is 10.0. The van der Waals surface area contributed by atoms with E-state index in [0.717, 1.165) is 28.1 Å². The Hall–Kier alpha value is -1.83. The Kier molecular flexibility index (Phi) is 9.02. The van der Waals surface area contributed by atoms with Gasteiger partial charge < -0.3 is 20.7 Å². The molecule has 1 atom stereocenters. The van der Waals surface area contributed by atoms with Crippen LogP contribution in [0.3, 0.4) is 0 Å². The summed E-state index contributed by atoms with van der Waals surface area (Å²) < 4.78 is 5.36. The summed E-state index contributed by atoms with van der Waals surface area (Å²) in [4.78, 5) is 22.3. The molecule has 1 unspecified atom stereocenters. The first kappa shape index (κ1) is 23.2. The summed E-state index contributed by atoms with van der Waals surface area (Å²) in [5.74, 6) is 0.971. The summed E-state index contributed by atoms with van der Waals surface area (Å²) in [6.07, 6.45) is -0.402. The second-order valence-corrected chi connectivity index (χ2v) is 9.10. The molecule has 0 radical (unpaired) electrons. The Labute approximate surface area is 167 Å². The van der Waals surface area contributed by atoms with E-state index in [1.807, 2.05) is 41.5 Å². The van der Waals surface area contributed by atoms with Crippen molar-refractivity contribution < 1.29 is 9.53 Å². The van der Waals surface area contributed by atoms with Crippen LogP contribution in [0.2, 0.25) is 0 Å². The van der Waals surface area contributed by atoms with Gasteiger partial charge in [-0.1, -0.05) is 13.8 Å². The number of guanidine groups is 1. The molecule has 7 nitrogen and oxygen atoms in total. The topological polar surface area (TPSA) is 87.6 Å². The normalized spacial score (nSPS) is 13.4. The van der Waals surface area contributed by atoms with Crippen LogP contribution in [0.4, 0.5) is 4.79 Å². The van der Waals surface area contributed by atoms with Crippen LogP contribution in [0.5, 0.6) is 0 Å². The number of aromatic nitrogens is 1. The van der Waals surface area contributed by atoms with Gasteiger partial charge in [-0.15, -0.1) is 11.3 Å². The van der Waals surface area contributed by atoms with Gasteiger partial charge in [-0.25, -0.2) is 14.8 Å². The van der Waals surface area contributed by atoms with Gasteiger partial charge in [-0.05, 0) is 47.5 Å². The van der Waals surface area contributed by atoms with Gasteiger partial charge in [0.2, 0.25) is 0 Å². The number of thiazole rings is 1. The quantitative estimate of drug-likeness (QED) is 0.485. The molecule has 3 N–H and O–H groups in total. The average molecular weight is 398 g/mol. The fourth-order valence-electron chi connectivity index (χ4n) is 2.33. The van der Waals surface area contributed by atoms with Gasteiger partial charge >= 0.3 is 6.09 Å². The predicted octanol–water partition coefficient (Wildman–Crippen LogP) is 3.36. The Bertz CT molecular complexity index is 635. The van der Waals surface area contributed by atoms with E-state index in [1.165, 1.54) is 0 Å². The Morgan fingerprint density at radius 1 is 1.26 bits per heavy atom. The highest BCUT2D eigenvalue weighted by molar-refractivity contribution is 7.11. The molecule has 1 amide bonds. The van der Waals surface area contributed by atoms with Crippen molar-refractivity contribution in [3.8, 4) is 0 Å². The van der Waals surface area contributed by atoms with Crippen molar-refractivity contribution in [2.45, 2.75) is 73.6 Å². The number of amides is 1. The van der Waals surface area contributed by atoms with Gasteiger partial charge in [-0.2, -0.15) is 0 Å². The standard InChI is InChI=1S/C19H35N5O2S/c1-9-20-17(22-11-16-13(4)23-14(5)27-16)21-10-15(12(2)3)24-18(25)26-19(6,7)8/h12,15H,9-11H2,1-8H3,(H,24,25)(H2,20,21,22). The van der Waals surface area contributed by atoms with Gasteiger partial charge in [0.05, 0.1) is 23.3 Å². The van der Waals surface area contributed by atoms with Gasteiger partial charge in [0.25, 0.3) is 0 Å². The molecular weight excluding hydrogens is 362 g/mol. The lowest BCUT2D eigenvalue weighted by Crippen LogP contribution is -2.50. The van der Waals surface area contributed by atoms with E-state index in [1.54, 1.807) is 11.3 Å². The molecule has 0 aliphatic rings. The highest BCUT2D eigenvalue weighted by atomic mass is 32.1. The van der Waals surface area contributed by atoms with Crippen molar-refractivity contribution in [2.75, 3.05) is 13.1 Å². The molecule has 0 aliphatic heterocycles. The van der Waals surface area contributed by atoms with Crippen LogP contribution < -0.4 is 16.0 Å². The van der Waals surface area contributed by atoms with Gasteiger partial charge in [0.1, 0.15) is 5.60 Å². The minimum Gasteiger partial charge on any atom is -0.444 e. The zero-order valence-corrected chi connectivity index (χ0v) is 18.7. The SMILES string of the molecule is CCNC(=NCc1sc(C)nc1C)NCC(NC(=O)OC(C)(C)C)C(C)C. The second-order valence-electron chi connectivity index (χ2n) is 7.81. The van der Waals surface area contributed by atoms with Gasteiger partial charge in [-0.3, -0.25) is 0 Å². The summed E-state index contributed by atoms with van der Waals surface area (Å²) in [5.41, 5.74) is 0.518. The highest BCUT2D eigenvalue weighted by Gasteiger charge is 2.21. The summed E-state index contributed by atoms with van der Waals surface area (Å²) in [7, 11) is 0. The molecule has 0 aromatic carbocycles. The van der Waals surface area contributed by atoms with Crippen LogP contribution in [0.1, 0.15) is 57.1 Å². The van der Waals surface area contributed by atoms with Crippen molar-refractivity contribution in [3.63, 3.8) is 0 Å². The number of carbonyl (C=O) groups excluding carboxylic acids is 1. The van der Waals surface area contributed by atoms with Crippen LogP contribution in [-0.2, 0) is 11.3 Å². The van der Waals surface area contributed by atoms with Crippen molar-refractivity contribution in [1.82, 2.24) is 20.9 Å². The van der Waals surface area contributed by atoms with E-state index >= 15 is 0 Å². The van der Waals surface area contributed by atoms with Crippen molar-refractivity contribution in [3.05, 3.63) is 15.6 Å². The Morgan fingerprint density at radius 2 is 1.93 bits per heavy atom. The number of ether oxygens (including phenoxy) is 1. The molecule has 0 fully saturated rings.